The van der Waals surface area contributed by atoms with Gasteiger partial charge in [0.15, 0.2) is 0 Å². The van der Waals surface area contributed by atoms with Crippen molar-refractivity contribution in [3.8, 4) is 5.75 Å². The number of sulfonamides is 1. The Bertz CT molecular complexity index is 1240. The number of halogens is 2. The smallest absolute Gasteiger partial charge is 0.229 e. The summed E-state index contributed by atoms with van der Waals surface area (Å²) in [4.78, 5) is 0. The maximum absolute atomic E-state index is 14.2. The summed E-state index contributed by atoms with van der Waals surface area (Å²) in [6, 6.07) is 17.2. The number of rotatable bonds is 3. The van der Waals surface area contributed by atoms with Gasteiger partial charge in [-0.15, -0.1) is 0 Å². The molecule has 0 bridgehead atoms. The molecule has 3 aromatic rings. The summed E-state index contributed by atoms with van der Waals surface area (Å²) in [6.45, 7) is 0.355. The SMILES string of the molecule is CS(=O)(=O)Nc1cc(F)cc(C=C2c3ccc(Cl)cc3COc3ccccc32)c1. The number of hydrogen-bond donors (Lipinski definition) is 1. The van der Waals surface area contributed by atoms with Crippen molar-refractivity contribution >= 4 is 39.0 Å². The zero-order chi connectivity index (χ0) is 20.6. The van der Waals surface area contributed by atoms with Gasteiger partial charge in [-0.3, -0.25) is 4.72 Å². The normalized spacial score (nSPS) is 14.5. The lowest BCUT2D eigenvalue weighted by molar-refractivity contribution is 0.307. The van der Waals surface area contributed by atoms with Crippen molar-refractivity contribution < 1.29 is 17.5 Å². The minimum atomic E-state index is -3.52. The number of para-hydroxylation sites is 1. The van der Waals surface area contributed by atoms with Crippen LogP contribution in [0, 0.1) is 5.82 Å². The van der Waals surface area contributed by atoms with Crippen LogP contribution in [0.2, 0.25) is 5.02 Å². The largest absolute Gasteiger partial charge is 0.488 e. The fraction of sp³-hybridized carbons (Fsp3) is 0.0909. The maximum Gasteiger partial charge on any atom is 0.229 e. The molecule has 0 radical (unpaired) electrons. The van der Waals surface area contributed by atoms with Crippen LogP contribution in [-0.4, -0.2) is 14.7 Å². The summed E-state index contributed by atoms with van der Waals surface area (Å²) in [5.41, 5.74) is 4.20. The Morgan fingerprint density at radius 3 is 2.66 bits per heavy atom. The lowest BCUT2D eigenvalue weighted by atomic mass is 9.92. The number of hydrogen-bond acceptors (Lipinski definition) is 3. The molecule has 1 heterocycles. The molecule has 1 aliphatic rings. The van der Waals surface area contributed by atoms with E-state index in [9.17, 15) is 12.8 Å². The average molecular weight is 430 g/mol. The van der Waals surface area contributed by atoms with Crippen LogP contribution in [0.3, 0.4) is 0 Å². The molecule has 0 saturated carbocycles. The molecule has 0 saturated heterocycles. The minimum Gasteiger partial charge on any atom is -0.488 e. The topological polar surface area (TPSA) is 55.4 Å². The van der Waals surface area contributed by atoms with Gasteiger partial charge < -0.3 is 4.74 Å². The van der Waals surface area contributed by atoms with Crippen molar-refractivity contribution in [3.05, 3.63) is 93.8 Å². The van der Waals surface area contributed by atoms with Crippen LogP contribution in [0.15, 0.2) is 60.7 Å². The van der Waals surface area contributed by atoms with Crippen LogP contribution in [0.5, 0.6) is 5.75 Å². The van der Waals surface area contributed by atoms with Crippen LogP contribution in [0.25, 0.3) is 11.6 Å². The second-order valence-electron chi connectivity index (χ2n) is 6.79. The monoisotopic (exact) mass is 429 g/mol. The minimum absolute atomic E-state index is 0.161. The Morgan fingerprint density at radius 2 is 1.86 bits per heavy atom. The number of benzene rings is 3. The van der Waals surface area contributed by atoms with Crippen LogP contribution >= 0.6 is 11.6 Å². The number of fused-ring (bicyclic) bond motifs is 2. The van der Waals surface area contributed by atoms with E-state index in [4.69, 9.17) is 16.3 Å². The number of anilines is 1. The van der Waals surface area contributed by atoms with Gasteiger partial charge in [0.2, 0.25) is 10.0 Å². The van der Waals surface area contributed by atoms with E-state index in [1.807, 2.05) is 42.5 Å². The highest BCUT2D eigenvalue weighted by molar-refractivity contribution is 7.92. The molecule has 4 rings (SSSR count). The van der Waals surface area contributed by atoms with E-state index in [2.05, 4.69) is 4.72 Å². The predicted octanol–water partition coefficient (Wildman–Crippen LogP) is 5.33. The summed E-state index contributed by atoms with van der Waals surface area (Å²) in [5, 5.41) is 0.600. The summed E-state index contributed by atoms with van der Waals surface area (Å²) in [5.74, 6) is 0.164. The number of ether oxygens (including phenoxy) is 1. The van der Waals surface area contributed by atoms with Gasteiger partial charge in [-0.2, -0.15) is 0 Å². The fourth-order valence-corrected chi connectivity index (χ4v) is 4.09. The van der Waals surface area contributed by atoms with Crippen LogP contribution in [-0.2, 0) is 16.6 Å². The average Bonchev–Trinajstić information content (AvgIpc) is 2.77. The molecule has 0 fully saturated rings. The van der Waals surface area contributed by atoms with E-state index in [-0.39, 0.29) is 5.69 Å². The van der Waals surface area contributed by atoms with Gasteiger partial charge in [0.05, 0.1) is 11.9 Å². The quantitative estimate of drug-likeness (QED) is 0.612. The highest BCUT2D eigenvalue weighted by Crippen LogP contribution is 2.38. The predicted molar refractivity (Wildman–Crippen MR) is 114 cm³/mol. The van der Waals surface area contributed by atoms with Crippen LogP contribution < -0.4 is 9.46 Å². The fourth-order valence-electron chi connectivity index (χ4n) is 3.35. The third-order valence-corrected chi connectivity index (χ3v) is 5.29. The van der Waals surface area contributed by atoms with Crippen molar-refractivity contribution in [2.75, 3.05) is 11.0 Å². The zero-order valence-electron chi connectivity index (χ0n) is 15.4. The Morgan fingerprint density at radius 1 is 1.07 bits per heavy atom. The van der Waals surface area contributed by atoms with Gasteiger partial charge in [0.25, 0.3) is 0 Å². The Hall–Kier alpha value is -2.83. The van der Waals surface area contributed by atoms with E-state index >= 15 is 0 Å². The van der Waals surface area contributed by atoms with Gasteiger partial charge in [-0.25, -0.2) is 12.8 Å². The second kappa shape index (κ2) is 7.54. The van der Waals surface area contributed by atoms with E-state index in [1.54, 1.807) is 12.1 Å². The Kier molecular flexibility index (Phi) is 5.06. The summed E-state index contributed by atoms with van der Waals surface area (Å²) >= 11 is 6.16. The highest BCUT2D eigenvalue weighted by atomic mass is 35.5. The molecule has 3 aromatic carbocycles. The molecular formula is C22H17ClFNO3S. The molecule has 29 heavy (non-hydrogen) atoms. The van der Waals surface area contributed by atoms with Gasteiger partial charge in [-0.05, 0) is 64.7 Å². The third-order valence-electron chi connectivity index (χ3n) is 4.45. The van der Waals surface area contributed by atoms with Crippen molar-refractivity contribution in [1.82, 2.24) is 0 Å². The molecule has 4 nitrogen and oxygen atoms in total. The first kappa shape index (κ1) is 19.5. The van der Waals surface area contributed by atoms with Gasteiger partial charge in [-0.1, -0.05) is 35.9 Å². The molecule has 0 atom stereocenters. The molecule has 1 N–H and O–H groups in total. The Labute approximate surface area is 173 Å². The van der Waals surface area contributed by atoms with Crippen molar-refractivity contribution in [2.45, 2.75) is 6.61 Å². The lowest BCUT2D eigenvalue weighted by Crippen LogP contribution is -2.09. The van der Waals surface area contributed by atoms with Gasteiger partial charge >= 0.3 is 0 Å². The molecule has 0 aromatic heterocycles. The first-order chi connectivity index (χ1) is 13.8. The van der Waals surface area contributed by atoms with Gasteiger partial charge in [0, 0.05) is 10.6 Å². The highest BCUT2D eigenvalue weighted by Gasteiger charge is 2.19. The standard InChI is InChI=1S/C22H17ClFNO3S/c1-29(26,27)25-18-9-14(8-17(24)12-18)10-21-19-7-6-16(23)11-15(19)13-28-22-5-3-2-4-20(21)22/h2-12,25H,13H2,1H3. The van der Waals surface area contributed by atoms with Crippen molar-refractivity contribution in [1.29, 1.82) is 0 Å². The second-order valence-corrected chi connectivity index (χ2v) is 8.98. The van der Waals surface area contributed by atoms with Gasteiger partial charge in [0.1, 0.15) is 18.2 Å². The van der Waals surface area contributed by atoms with E-state index in [1.165, 1.54) is 6.07 Å². The number of nitrogens with one attached hydrogen (secondary N) is 1. The van der Waals surface area contributed by atoms with Crippen LogP contribution in [0.4, 0.5) is 10.1 Å². The third kappa shape index (κ3) is 4.44. The first-order valence-electron chi connectivity index (χ1n) is 8.79. The summed E-state index contributed by atoms with van der Waals surface area (Å²) in [6.07, 6.45) is 2.84. The van der Waals surface area contributed by atoms with Crippen LogP contribution in [0.1, 0.15) is 22.3 Å². The molecule has 0 amide bonds. The lowest BCUT2D eigenvalue weighted by Gasteiger charge is -2.12. The molecular weight excluding hydrogens is 413 g/mol. The maximum atomic E-state index is 14.2. The molecule has 0 aliphatic carbocycles. The van der Waals surface area contributed by atoms with E-state index in [0.29, 0.717) is 22.9 Å². The summed E-state index contributed by atoms with van der Waals surface area (Å²) < 4.78 is 45.5. The molecule has 7 heteroatoms. The molecule has 1 aliphatic heterocycles. The first-order valence-corrected chi connectivity index (χ1v) is 11.1. The summed E-state index contributed by atoms with van der Waals surface area (Å²) in [7, 11) is -3.52. The molecule has 0 spiro atoms. The van der Waals surface area contributed by atoms with Crippen molar-refractivity contribution in [2.24, 2.45) is 0 Å². The molecule has 0 unspecified atom stereocenters. The van der Waals surface area contributed by atoms with E-state index in [0.717, 1.165) is 34.6 Å². The Balaban J connectivity index is 1.91. The van der Waals surface area contributed by atoms with Crippen molar-refractivity contribution in [3.63, 3.8) is 0 Å². The molecule has 148 valence electrons. The van der Waals surface area contributed by atoms with E-state index < -0.39 is 15.8 Å². The zero-order valence-corrected chi connectivity index (χ0v) is 17.0.